The van der Waals surface area contributed by atoms with Crippen molar-refractivity contribution in [3.63, 3.8) is 0 Å². The predicted molar refractivity (Wildman–Crippen MR) is 213 cm³/mol. The number of nitrogens with zero attached hydrogens (tertiary/aromatic N) is 1. The van der Waals surface area contributed by atoms with Crippen LogP contribution in [0.15, 0.2) is 65.8 Å². The van der Waals surface area contributed by atoms with Crippen molar-refractivity contribution in [3.8, 4) is 46.0 Å². The number of rotatable bonds is 18. The second kappa shape index (κ2) is 18.3. The topological polar surface area (TPSA) is 137 Å². The van der Waals surface area contributed by atoms with Gasteiger partial charge in [-0.15, -0.1) is 0 Å². The van der Waals surface area contributed by atoms with Gasteiger partial charge in [0.25, 0.3) is 5.91 Å². The molecule has 0 fully saturated rings. The zero-order chi connectivity index (χ0) is 39.8. The summed E-state index contributed by atoms with van der Waals surface area (Å²) in [6, 6.07) is 18.1. The van der Waals surface area contributed by atoms with Crippen LogP contribution in [0.1, 0.15) is 84.8 Å². The molecule has 0 aromatic heterocycles. The van der Waals surface area contributed by atoms with E-state index in [1.165, 1.54) is 0 Å². The Morgan fingerprint density at radius 2 is 1.38 bits per heavy atom. The predicted octanol–water partition coefficient (Wildman–Crippen LogP) is 8.87. The Balaban J connectivity index is 1.23. The van der Waals surface area contributed by atoms with E-state index in [2.05, 4.69) is 22.7 Å². The number of oxime groups is 1. The average molecular weight is 790 g/mol. The highest BCUT2D eigenvalue weighted by Gasteiger charge is 2.30. The van der Waals surface area contributed by atoms with Crippen LogP contribution < -0.4 is 48.5 Å². The molecule has 0 spiro atoms. The molecule has 3 unspecified atom stereocenters. The summed E-state index contributed by atoms with van der Waals surface area (Å²) < 4.78 is 47.3. The second-order valence-corrected chi connectivity index (χ2v) is 13.6. The summed E-state index contributed by atoms with van der Waals surface area (Å²) in [5.74, 6) is 3.50. The Kier molecular flexibility index (Phi) is 13.1. The van der Waals surface area contributed by atoms with Crippen LogP contribution >= 0.6 is 11.6 Å². The number of nitrogens with one attached hydrogen (secondary N) is 2. The molecule has 0 radical (unpaired) electrons. The number of hydrogen-bond donors (Lipinski definition) is 2. The van der Waals surface area contributed by atoms with E-state index in [0.717, 1.165) is 42.4 Å². The minimum Gasteiger partial charge on any atom is -0.493 e. The highest BCUT2D eigenvalue weighted by molar-refractivity contribution is 6.31. The van der Waals surface area contributed by atoms with Gasteiger partial charge in [-0.1, -0.05) is 49.0 Å². The Bertz CT molecular complexity index is 2010. The van der Waals surface area contributed by atoms with Crippen molar-refractivity contribution in [2.75, 3.05) is 48.0 Å². The normalized spacial score (nSPS) is 16.3. The molecule has 0 bridgehead atoms. The highest BCUT2D eigenvalue weighted by atomic mass is 35.5. The molecule has 56 heavy (non-hydrogen) atoms. The number of anilines is 1. The van der Waals surface area contributed by atoms with E-state index in [9.17, 15) is 4.79 Å². The van der Waals surface area contributed by atoms with Gasteiger partial charge in [-0.3, -0.25) is 4.79 Å². The van der Waals surface area contributed by atoms with Crippen LogP contribution in [0.25, 0.3) is 0 Å². The smallest absolute Gasteiger partial charge is 0.255 e. The molecule has 14 heteroatoms. The third kappa shape index (κ3) is 8.73. The number of carbonyl (C=O) groups is 1. The first-order valence-corrected chi connectivity index (χ1v) is 18.8. The number of benzene rings is 4. The molecule has 0 aliphatic carbocycles. The van der Waals surface area contributed by atoms with Crippen LogP contribution in [0.4, 0.5) is 5.69 Å². The Labute approximate surface area is 332 Å². The molecule has 13 nitrogen and oxygen atoms in total. The largest absolute Gasteiger partial charge is 0.493 e. The molecule has 2 N–H and O–H groups in total. The molecule has 3 atom stereocenters. The second-order valence-electron chi connectivity index (χ2n) is 13.2. The van der Waals surface area contributed by atoms with Crippen LogP contribution in [-0.4, -0.2) is 60.6 Å². The molecule has 6 rings (SSSR count). The highest BCUT2D eigenvalue weighted by Crippen LogP contribution is 2.45. The van der Waals surface area contributed by atoms with Crippen LogP contribution in [0.5, 0.6) is 46.0 Å². The third-order valence-corrected chi connectivity index (χ3v) is 9.88. The van der Waals surface area contributed by atoms with E-state index in [1.807, 2.05) is 42.5 Å². The maximum absolute atomic E-state index is 12.9. The number of ether oxygens (including phenoxy) is 8. The van der Waals surface area contributed by atoms with Crippen LogP contribution in [-0.2, 0) is 4.84 Å². The first kappa shape index (κ1) is 40.0. The number of fused-ring (bicyclic) bond motifs is 1. The molecule has 0 saturated heterocycles. The number of amides is 1. The molecule has 1 amide bonds. The SMILES string of the molecule is CCCCCCC(Oc1ccc(C2NC(=O)c3cc(Cl)ccc3N2)cc1OC)Oc1c(OC)cc(C2CC(c3cc(OC)c(OC)c(OC)c3)=NO2)cc1OC. The van der Waals surface area contributed by atoms with Crippen LogP contribution in [0.3, 0.4) is 0 Å². The lowest BCUT2D eigenvalue weighted by atomic mass is 9.99. The minimum atomic E-state index is -0.734. The van der Waals surface area contributed by atoms with Crippen molar-refractivity contribution in [1.29, 1.82) is 0 Å². The molecule has 298 valence electrons. The first-order chi connectivity index (χ1) is 27.2. The molecule has 0 saturated carbocycles. The van der Waals surface area contributed by atoms with Crippen LogP contribution in [0.2, 0.25) is 5.02 Å². The lowest BCUT2D eigenvalue weighted by molar-refractivity contribution is -0.00763. The summed E-state index contributed by atoms with van der Waals surface area (Å²) in [5, 5.41) is 11.2. The summed E-state index contributed by atoms with van der Waals surface area (Å²) in [7, 11) is 9.41. The summed E-state index contributed by atoms with van der Waals surface area (Å²) in [4.78, 5) is 18.9. The van der Waals surface area contributed by atoms with Gasteiger partial charge in [0.15, 0.2) is 40.6 Å². The number of hydrogen-bond acceptors (Lipinski definition) is 12. The zero-order valence-electron chi connectivity index (χ0n) is 32.7. The third-order valence-electron chi connectivity index (χ3n) is 9.65. The van der Waals surface area contributed by atoms with Gasteiger partial charge in [-0.25, -0.2) is 0 Å². The lowest BCUT2D eigenvalue weighted by Crippen LogP contribution is -2.38. The lowest BCUT2D eigenvalue weighted by Gasteiger charge is -2.29. The fourth-order valence-corrected chi connectivity index (χ4v) is 6.86. The van der Waals surface area contributed by atoms with Gasteiger partial charge < -0.3 is 53.4 Å². The maximum Gasteiger partial charge on any atom is 0.255 e. The number of methoxy groups -OCH3 is 6. The van der Waals surface area contributed by atoms with Gasteiger partial charge in [0.05, 0.1) is 53.9 Å². The van der Waals surface area contributed by atoms with Gasteiger partial charge in [-0.05, 0) is 66.6 Å². The quantitative estimate of drug-likeness (QED) is 0.0739. The standard InChI is InChI=1S/C42H48ClN3O10/c1-8-9-10-11-12-38(54-31-16-13-24(17-33(31)48-2)41-44-29-15-14-27(43)22-28(29)42(47)45-41)55-40-36(51-5)20-26(21-37(40)52-6)32-23-30(46-56-32)25-18-34(49-3)39(53-7)35(19-25)50-4/h13-22,32,38,41,44H,8-12,23H2,1-7H3,(H,45,47). The number of unbranched alkanes of at least 4 members (excludes halogenated alkanes) is 3. The van der Waals surface area contributed by atoms with Crippen molar-refractivity contribution in [2.45, 2.75) is 64.0 Å². The molecule has 2 heterocycles. The van der Waals surface area contributed by atoms with E-state index in [1.54, 1.807) is 60.9 Å². The van der Waals surface area contributed by atoms with E-state index >= 15 is 0 Å². The summed E-state index contributed by atoms with van der Waals surface area (Å²) in [6.07, 6.45) is 3.42. The van der Waals surface area contributed by atoms with E-state index in [4.69, 9.17) is 54.3 Å². The molecular weight excluding hydrogens is 742 g/mol. The van der Waals surface area contributed by atoms with Crippen LogP contribution in [0, 0.1) is 0 Å². The van der Waals surface area contributed by atoms with E-state index in [-0.39, 0.29) is 5.91 Å². The Morgan fingerprint density at radius 1 is 0.714 bits per heavy atom. The van der Waals surface area contributed by atoms with Crippen molar-refractivity contribution in [3.05, 3.63) is 87.9 Å². The Morgan fingerprint density at radius 3 is 2.02 bits per heavy atom. The van der Waals surface area contributed by atoms with Crippen molar-refractivity contribution in [1.82, 2.24) is 5.32 Å². The first-order valence-electron chi connectivity index (χ1n) is 18.4. The molecular formula is C42H48ClN3O10. The van der Waals surface area contributed by atoms with Gasteiger partial charge in [-0.2, -0.15) is 0 Å². The Hall–Kier alpha value is -5.69. The summed E-state index contributed by atoms with van der Waals surface area (Å²) in [6.45, 7) is 2.16. The molecule has 4 aromatic carbocycles. The molecule has 2 aliphatic heterocycles. The van der Waals surface area contributed by atoms with Gasteiger partial charge in [0, 0.05) is 34.7 Å². The average Bonchev–Trinajstić information content (AvgIpc) is 3.72. The maximum atomic E-state index is 12.9. The minimum absolute atomic E-state index is 0.231. The van der Waals surface area contributed by atoms with Crippen molar-refractivity contribution >= 4 is 28.9 Å². The fourth-order valence-electron chi connectivity index (χ4n) is 6.69. The summed E-state index contributed by atoms with van der Waals surface area (Å²) >= 11 is 6.13. The van der Waals surface area contributed by atoms with E-state index in [0.29, 0.717) is 80.8 Å². The van der Waals surface area contributed by atoms with Crippen molar-refractivity contribution < 1.29 is 47.5 Å². The zero-order valence-corrected chi connectivity index (χ0v) is 33.4. The van der Waals surface area contributed by atoms with Gasteiger partial charge >= 0.3 is 0 Å². The molecule has 4 aromatic rings. The van der Waals surface area contributed by atoms with Crippen molar-refractivity contribution in [2.24, 2.45) is 5.16 Å². The summed E-state index contributed by atoms with van der Waals surface area (Å²) in [5.41, 5.74) is 4.21. The molecule has 2 aliphatic rings. The van der Waals surface area contributed by atoms with Gasteiger partial charge in [0.2, 0.25) is 17.8 Å². The van der Waals surface area contributed by atoms with E-state index < -0.39 is 18.6 Å². The number of halogens is 1. The van der Waals surface area contributed by atoms with Gasteiger partial charge in [0.1, 0.15) is 6.17 Å². The number of carbonyl (C=O) groups excluding carboxylic acids is 1. The monoisotopic (exact) mass is 789 g/mol. The fraction of sp³-hybridized carbons (Fsp3) is 0.381.